The van der Waals surface area contributed by atoms with Crippen LogP contribution in [0.1, 0.15) is 13.3 Å². The van der Waals surface area contributed by atoms with Crippen molar-refractivity contribution in [3.63, 3.8) is 0 Å². The Labute approximate surface area is 123 Å². The number of halogens is 1. The molecule has 1 atom stereocenters. The molecule has 1 aliphatic rings. The van der Waals surface area contributed by atoms with E-state index in [0.717, 1.165) is 18.5 Å². The summed E-state index contributed by atoms with van der Waals surface area (Å²) in [5.41, 5.74) is 0. The van der Waals surface area contributed by atoms with Crippen molar-refractivity contribution in [1.29, 1.82) is 5.26 Å². The standard InChI is InChI=1S/C13H17FN4O2S/c1-2-12(8-15)17-3-5-18(6-4-17)21(19,20)13-7-11(14)9-16-10-13/h7,9-10,12H,2-6H2,1H3. The molecule has 0 spiro atoms. The Bertz CT molecular complexity index is 636. The van der Waals surface area contributed by atoms with Crippen molar-refractivity contribution < 1.29 is 12.8 Å². The Balaban J connectivity index is 2.10. The maximum atomic E-state index is 13.1. The lowest BCUT2D eigenvalue weighted by Gasteiger charge is -2.35. The molecule has 114 valence electrons. The van der Waals surface area contributed by atoms with Crippen LogP contribution in [0.25, 0.3) is 0 Å². The molecule has 6 nitrogen and oxygen atoms in total. The van der Waals surface area contributed by atoms with E-state index in [1.807, 2.05) is 11.8 Å². The number of nitriles is 1. The maximum Gasteiger partial charge on any atom is 0.244 e. The highest BCUT2D eigenvalue weighted by Crippen LogP contribution is 2.18. The van der Waals surface area contributed by atoms with Gasteiger partial charge in [-0.3, -0.25) is 9.88 Å². The Hall–Kier alpha value is -1.56. The first-order valence-corrected chi connectivity index (χ1v) is 8.17. The van der Waals surface area contributed by atoms with Crippen molar-refractivity contribution in [2.24, 2.45) is 0 Å². The fraction of sp³-hybridized carbons (Fsp3) is 0.538. The number of nitrogens with zero attached hydrogens (tertiary/aromatic N) is 4. The Morgan fingerprint density at radius 2 is 2.05 bits per heavy atom. The lowest BCUT2D eigenvalue weighted by atomic mass is 10.2. The average molecular weight is 312 g/mol. The van der Waals surface area contributed by atoms with Gasteiger partial charge in [0.15, 0.2) is 0 Å². The lowest BCUT2D eigenvalue weighted by Crippen LogP contribution is -2.51. The van der Waals surface area contributed by atoms with Crippen LogP contribution < -0.4 is 0 Å². The van der Waals surface area contributed by atoms with Crippen LogP contribution in [-0.2, 0) is 10.0 Å². The van der Waals surface area contributed by atoms with E-state index in [1.54, 1.807) is 0 Å². The van der Waals surface area contributed by atoms with Crippen molar-refractivity contribution >= 4 is 10.0 Å². The van der Waals surface area contributed by atoms with Gasteiger partial charge in [0.1, 0.15) is 10.7 Å². The third-order valence-electron chi connectivity index (χ3n) is 3.57. The van der Waals surface area contributed by atoms with Gasteiger partial charge in [-0.25, -0.2) is 12.8 Å². The predicted molar refractivity (Wildman–Crippen MR) is 74.2 cm³/mol. The van der Waals surface area contributed by atoms with Crippen molar-refractivity contribution in [3.8, 4) is 6.07 Å². The first kappa shape index (κ1) is 15.8. The first-order valence-electron chi connectivity index (χ1n) is 6.73. The summed E-state index contributed by atoms with van der Waals surface area (Å²) in [6.07, 6.45) is 2.82. The van der Waals surface area contributed by atoms with E-state index < -0.39 is 15.8 Å². The molecule has 1 fully saturated rings. The normalized spacial score (nSPS) is 19.1. The fourth-order valence-corrected chi connectivity index (χ4v) is 3.77. The SMILES string of the molecule is CCC(C#N)N1CCN(S(=O)(=O)c2cncc(F)c2)CC1. The molecule has 1 aliphatic heterocycles. The molecule has 0 radical (unpaired) electrons. The summed E-state index contributed by atoms with van der Waals surface area (Å²) < 4.78 is 39.2. The van der Waals surface area contributed by atoms with Crippen molar-refractivity contribution in [1.82, 2.24) is 14.2 Å². The zero-order valence-corrected chi connectivity index (χ0v) is 12.6. The van der Waals surface area contributed by atoms with Crippen LogP contribution in [0.5, 0.6) is 0 Å². The minimum atomic E-state index is -3.73. The molecule has 0 bridgehead atoms. The van der Waals surface area contributed by atoms with Crippen LogP contribution in [0.15, 0.2) is 23.4 Å². The molecule has 1 saturated heterocycles. The quantitative estimate of drug-likeness (QED) is 0.823. The molecule has 0 aliphatic carbocycles. The van der Waals surface area contributed by atoms with Crippen molar-refractivity contribution in [2.45, 2.75) is 24.3 Å². The van der Waals surface area contributed by atoms with Crippen LogP contribution in [0.4, 0.5) is 4.39 Å². The Morgan fingerprint density at radius 1 is 1.38 bits per heavy atom. The number of hydrogen-bond acceptors (Lipinski definition) is 5. The monoisotopic (exact) mass is 312 g/mol. The fourth-order valence-electron chi connectivity index (χ4n) is 2.37. The second-order valence-corrected chi connectivity index (χ2v) is 6.77. The number of piperazine rings is 1. The van der Waals surface area contributed by atoms with Crippen LogP contribution in [-0.4, -0.2) is 54.8 Å². The van der Waals surface area contributed by atoms with Gasteiger partial charge >= 0.3 is 0 Å². The summed E-state index contributed by atoms with van der Waals surface area (Å²) in [6, 6.07) is 2.99. The van der Waals surface area contributed by atoms with Gasteiger partial charge in [-0.1, -0.05) is 6.92 Å². The van der Waals surface area contributed by atoms with E-state index in [9.17, 15) is 12.8 Å². The smallest absolute Gasteiger partial charge is 0.244 e. The lowest BCUT2D eigenvalue weighted by molar-refractivity contribution is 0.159. The zero-order chi connectivity index (χ0) is 15.5. The molecule has 1 unspecified atom stereocenters. The first-order chi connectivity index (χ1) is 9.98. The summed E-state index contributed by atoms with van der Waals surface area (Å²) in [7, 11) is -3.73. The topological polar surface area (TPSA) is 77.3 Å². The van der Waals surface area contributed by atoms with E-state index in [1.165, 1.54) is 4.31 Å². The third kappa shape index (κ3) is 3.37. The van der Waals surface area contributed by atoms with E-state index in [-0.39, 0.29) is 24.0 Å². The summed E-state index contributed by atoms with van der Waals surface area (Å²) in [4.78, 5) is 5.41. The van der Waals surface area contributed by atoms with Crippen LogP contribution in [0.2, 0.25) is 0 Å². The summed E-state index contributed by atoms with van der Waals surface area (Å²) in [5, 5.41) is 9.04. The van der Waals surface area contributed by atoms with Gasteiger partial charge in [0, 0.05) is 32.4 Å². The maximum absolute atomic E-state index is 13.1. The van der Waals surface area contributed by atoms with E-state index in [0.29, 0.717) is 19.5 Å². The van der Waals surface area contributed by atoms with Gasteiger partial charge in [-0.05, 0) is 12.5 Å². The number of rotatable bonds is 4. The summed E-state index contributed by atoms with van der Waals surface area (Å²) in [5.74, 6) is -0.676. The second kappa shape index (κ2) is 6.47. The molecular formula is C13H17FN4O2S. The summed E-state index contributed by atoms with van der Waals surface area (Å²) >= 11 is 0. The molecule has 8 heteroatoms. The molecule has 0 N–H and O–H groups in total. The van der Waals surface area contributed by atoms with Gasteiger partial charge in [-0.2, -0.15) is 9.57 Å². The van der Waals surface area contributed by atoms with Gasteiger partial charge in [0.25, 0.3) is 0 Å². The molecule has 0 amide bonds. The van der Waals surface area contributed by atoms with Gasteiger partial charge in [0.05, 0.1) is 18.3 Å². The van der Waals surface area contributed by atoms with E-state index >= 15 is 0 Å². The highest BCUT2D eigenvalue weighted by Gasteiger charge is 2.30. The van der Waals surface area contributed by atoms with Gasteiger partial charge < -0.3 is 0 Å². The number of sulfonamides is 1. The van der Waals surface area contributed by atoms with Gasteiger partial charge in [-0.15, -0.1) is 0 Å². The molecule has 21 heavy (non-hydrogen) atoms. The summed E-state index contributed by atoms with van der Waals surface area (Å²) in [6.45, 7) is 3.49. The third-order valence-corrected chi connectivity index (χ3v) is 5.43. The second-order valence-electron chi connectivity index (χ2n) is 4.83. The van der Waals surface area contributed by atoms with Crippen LogP contribution >= 0.6 is 0 Å². The van der Waals surface area contributed by atoms with Gasteiger partial charge in [0.2, 0.25) is 10.0 Å². The van der Waals surface area contributed by atoms with E-state index in [4.69, 9.17) is 5.26 Å². The molecule has 1 aromatic rings. The highest BCUT2D eigenvalue weighted by molar-refractivity contribution is 7.89. The minimum Gasteiger partial charge on any atom is -0.285 e. The highest BCUT2D eigenvalue weighted by atomic mass is 32.2. The molecule has 0 aromatic carbocycles. The predicted octanol–water partition coefficient (Wildman–Crippen LogP) is 0.829. The number of aromatic nitrogens is 1. The van der Waals surface area contributed by atoms with Crippen molar-refractivity contribution in [3.05, 3.63) is 24.3 Å². The Morgan fingerprint density at radius 3 is 2.57 bits per heavy atom. The van der Waals surface area contributed by atoms with Crippen LogP contribution in [0.3, 0.4) is 0 Å². The molecule has 2 rings (SSSR count). The zero-order valence-electron chi connectivity index (χ0n) is 11.7. The average Bonchev–Trinajstić information content (AvgIpc) is 2.49. The molecule has 2 heterocycles. The molecule has 1 aromatic heterocycles. The largest absolute Gasteiger partial charge is 0.285 e. The number of hydrogen-bond donors (Lipinski definition) is 0. The van der Waals surface area contributed by atoms with Crippen molar-refractivity contribution in [2.75, 3.05) is 26.2 Å². The molecular weight excluding hydrogens is 295 g/mol. The molecule has 0 saturated carbocycles. The number of pyridine rings is 1. The Kier molecular flexibility index (Phi) is 4.88. The minimum absolute atomic E-state index is 0.136. The van der Waals surface area contributed by atoms with E-state index in [2.05, 4.69) is 11.1 Å². The van der Waals surface area contributed by atoms with Crippen LogP contribution in [0, 0.1) is 17.1 Å².